The number of aliphatic hydroxyl groups is 2. The highest BCUT2D eigenvalue weighted by atomic mass is 31.2. The third kappa shape index (κ3) is 14.2. The predicted octanol–water partition coefficient (Wildman–Crippen LogP) is 0.918. The van der Waals surface area contributed by atoms with Gasteiger partial charge in [-0.2, -0.15) is 0 Å². The lowest BCUT2D eigenvalue weighted by molar-refractivity contribution is -0.160. The molecular weight excluding hydrogens is 371 g/mol. The van der Waals surface area contributed by atoms with Crippen molar-refractivity contribution in [2.75, 3.05) is 26.4 Å². The van der Waals surface area contributed by atoms with Gasteiger partial charge < -0.3 is 24.6 Å². The number of esters is 2. The Hall–Kier alpha value is -1.03. The molecule has 3 N–H and O–H groups in total. The molecule has 3 atom stereocenters. The number of carbonyl (C=O) groups is 2. The molecule has 154 valence electrons. The van der Waals surface area contributed by atoms with Crippen molar-refractivity contribution in [1.29, 1.82) is 0 Å². The second-order valence-corrected chi connectivity index (χ2v) is 7.08. The number of unbranched alkanes of at least 4 members (excludes halogenated alkanes) is 3. The highest BCUT2D eigenvalue weighted by molar-refractivity contribution is 7.47. The molecule has 11 heteroatoms. The third-order valence-electron chi connectivity index (χ3n) is 3.07. The smallest absolute Gasteiger partial charge is 0.462 e. The number of rotatable bonds is 15. The first-order chi connectivity index (χ1) is 12.2. The molecule has 0 bridgehead atoms. The van der Waals surface area contributed by atoms with Crippen LogP contribution in [0.15, 0.2) is 0 Å². The third-order valence-corrected chi connectivity index (χ3v) is 4.02. The van der Waals surface area contributed by atoms with E-state index in [9.17, 15) is 19.0 Å². The fraction of sp³-hybridized carbons (Fsp3) is 0.867. The zero-order valence-electron chi connectivity index (χ0n) is 15.2. The topological polar surface area (TPSA) is 149 Å². The number of phosphoric acid groups is 1. The molecule has 0 saturated carbocycles. The predicted molar refractivity (Wildman–Crippen MR) is 90.1 cm³/mol. The van der Waals surface area contributed by atoms with Crippen LogP contribution < -0.4 is 0 Å². The van der Waals surface area contributed by atoms with Gasteiger partial charge in [-0.25, -0.2) is 4.57 Å². The molecular formula is C15H29O10P. The molecule has 0 heterocycles. The Morgan fingerprint density at radius 2 is 1.73 bits per heavy atom. The second kappa shape index (κ2) is 14.1. The normalized spacial score (nSPS) is 15.7. The first kappa shape index (κ1) is 25.0. The molecule has 26 heavy (non-hydrogen) atoms. The van der Waals surface area contributed by atoms with Crippen LogP contribution in [-0.4, -0.2) is 65.7 Å². The fourth-order valence-corrected chi connectivity index (χ4v) is 2.50. The van der Waals surface area contributed by atoms with Gasteiger partial charge in [0.15, 0.2) is 6.10 Å². The van der Waals surface area contributed by atoms with E-state index < -0.39 is 51.8 Å². The van der Waals surface area contributed by atoms with E-state index in [1.807, 2.05) is 6.92 Å². The van der Waals surface area contributed by atoms with Crippen molar-refractivity contribution in [2.45, 2.75) is 58.2 Å². The van der Waals surface area contributed by atoms with E-state index in [1.54, 1.807) is 0 Å². The quantitative estimate of drug-likeness (QED) is 0.206. The van der Waals surface area contributed by atoms with Crippen LogP contribution in [0.3, 0.4) is 0 Å². The number of ether oxygens (including phenoxy) is 2. The summed E-state index contributed by atoms with van der Waals surface area (Å²) in [7, 11) is -4.54. The molecule has 3 unspecified atom stereocenters. The first-order valence-corrected chi connectivity index (χ1v) is 9.93. The first-order valence-electron chi connectivity index (χ1n) is 8.43. The number of phosphoric ester groups is 1. The summed E-state index contributed by atoms with van der Waals surface area (Å²) in [6.45, 7) is 1.06. The lowest BCUT2D eigenvalue weighted by Crippen LogP contribution is -2.29. The van der Waals surface area contributed by atoms with Gasteiger partial charge in [-0.3, -0.25) is 18.6 Å². The van der Waals surface area contributed by atoms with Crippen LogP contribution in [0, 0.1) is 0 Å². The highest BCUT2D eigenvalue weighted by Crippen LogP contribution is 2.43. The monoisotopic (exact) mass is 400 g/mol. The minimum absolute atomic E-state index is 0.173. The molecule has 0 aromatic carbocycles. The van der Waals surface area contributed by atoms with Gasteiger partial charge in [-0.15, -0.1) is 0 Å². The van der Waals surface area contributed by atoms with Crippen LogP contribution >= 0.6 is 7.82 Å². The summed E-state index contributed by atoms with van der Waals surface area (Å²) in [6, 6.07) is 0. The van der Waals surface area contributed by atoms with Crippen molar-refractivity contribution < 1.29 is 47.8 Å². The van der Waals surface area contributed by atoms with Crippen molar-refractivity contribution >= 4 is 19.8 Å². The minimum atomic E-state index is -4.54. The van der Waals surface area contributed by atoms with Crippen LogP contribution in [0.1, 0.15) is 46.0 Å². The molecule has 0 aliphatic rings. The van der Waals surface area contributed by atoms with Gasteiger partial charge in [0.1, 0.15) is 12.7 Å². The Labute approximate surface area is 153 Å². The molecule has 0 aliphatic carbocycles. The molecule has 0 rings (SSSR count). The van der Waals surface area contributed by atoms with Gasteiger partial charge in [0.25, 0.3) is 0 Å². The summed E-state index contributed by atoms with van der Waals surface area (Å²) in [4.78, 5) is 32.2. The molecule has 0 amide bonds. The van der Waals surface area contributed by atoms with Crippen molar-refractivity contribution in [3.05, 3.63) is 0 Å². The maximum Gasteiger partial charge on any atom is 0.472 e. The van der Waals surface area contributed by atoms with E-state index in [4.69, 9.17) is 24.2 Å². The molecule has 0 fully saturated rings. The number of hydrogen-bond acceptors (Lipinski definition) is 9. The largest absolute Gasteiger partial charge is 0.472 e. The molecule has 0 aromatic heterocycles. The van der Waals surface area contributed by atoms with Crippen molar-refractivity contribution in [1.82, 2.24) is 0 Å². The van der Waals surface area contributed by atoms with Gasteiger partial charge in [0.05, 0.1) is 19.8 Å². The molecule has 0 aromatic rings. The van der Waals surface area contributed by atoms with Crippen LogP contribution in [0.4, 0.5) is 0 Å². The van der Waals surface area contributed by atoms with Crippen molar-refractivity contribution in [3.8, 4) is 0 Å². The lowest BCUT2D eigenvalue weighted by Gasteiger charge is -2.20. The molecule has 0 spiro atoms. The molecule has 0 radical (unpaired) electrons. The Morgan fingerprint density at radius 3 is 2.31 bits per heavy atom. The Balaban J connectivity index is 4.45. The minimum Gasteiger partial charge on any atom is -0.462 e. The average Bonchev–Trinajstić information content (AvgIpc) is 2.59. The summed E-state index contributed by atoms with van der Waals surface area (Å²) >= 11 is 0. The van der Waals surface area contributed by atoms with Gasteiger partial charge in [-0.05, 0) is 6.42 Å². The number of aliphatic hydroxyl groups excluding tert-OH is 2. The summed E-state index contributed by atoms with van der Waals surface area (Å²) in [5.41, 5.74) is 0. The summed E-state index contributed by atoms with van der Waals surface area (Å²) in [6.07, 6.45) is 1.30. The molecule has 0 aliphatic heterocycles. The Kier molecular flexibility index (Phi) is 13.5. The van der Waals surface area contributed by atoms with E-state index in [2.05, 4.69) is 4.52 Å². The van der Waals surface area contributed by atoms with Crippen LogP contribution in [0.5, 0.6) is 0 Å². The average molecular weight is 400 g/mol. The van der Waals surface area contributed by atoms with Crippen molar-refractivity contribution in [3.63, 3.8) is 0 Å². The van der Waals surface area contributed by atoms with E-state index in [-0.39, 0.29) is 13.0 Å². The van der Waals surface area contributed by atoms with Crippen LogP contribution in [0.25, 0.3) is 0 Å². The standard InChI is InChI=1S/C15H29O10P/c1-3-4-5-6-7-15(19)25-14(10-22-12(2)17)11-24-26(20,21)23-9-13(18)8-16/h13-14,16,18H,3-11H2,1-2H3,(H,20,21). The maximum atomic E-state index is 11.8. The van der Waals surface area contributed by atoms with E-state index in [0.717, 1.165) is 19.3 Å². The van der Waals surface area contributed by atoms with Gasteiger partial charge in [0, 0.05) is 13.3 Å². The van der Waals surface area contributed by atoms with E-state index in [0.29, 0.717) is 6.42 Å². The van der Waals surface area contributed by atoms with E-state index >= 15 is 0 Å². The summed E-state index contributed by atoms with van der Waals surface area (Å²) in [5.74, 6) is -1.14. The number of carbonyl (C=O) groups excluding carboxylic acids is 2. The van der Waals surface area contributed by atoms with Crippen molar-refractivity contribution in [2.24, 2.45) is 0 Å². The zero-order valence-corrected chi connectivity index (χ0v) is 16.1. The van der Waals surface area contributed by atoms with Crippen LogP contribution in [-0.2, 0) is 32.7 Å². The second-order valence-electron chi connectivity index (χ2n) is 5.62. The zero-order chi connectivity index (χ0) is 20.0. The lowest BCUT2D eigenvalue weighted by atomic mass is 10.1. The SMILES string of the molecule is CCCCCCC(=O)OC(COC(C)=O)COP(=O)(O)OCC(O)CO. The van der Waals surface area contributed by atoms with Gasteiger partial charge in [0.2, 0.25) is 0 Å². The van der Waals surface area contributed by atoms with Gasteiger partial charge in [-0.1, -0.05) is 26.2 Å². The van der Waals surface area contributed by atoms with Crippen LogP contribution in [0.2, 0.25) is 0 Å². The molecule has 10 nitrogen and oxygen atoms in total. The Bertz CT molecular complexity index is 456. The highest BCUT2D eigenvalue weighted by Gasteiger charge is 2.26. The fourth-order valence-electron chi connectivity index (χ4n) is 1.71. The van der Waals surface area contributed by atoms with Gasteiger partial charge >= 0.3 is 19.8 Å². The molecule has 0 saturated heterocycles. The van der Waals surface area contributed by atoms with E-state index in [1.165, 1.54) is 6.92 Å². The Morgan fingerprint density at radius 1 is 1.08 bits per heavy atom. The number of hydrogen-bond donors (Lipinski definition) is 3. The maximum absolute atomic E-state index is 11.8. The summed E-state index contributed by atoms with van der Waals surface area (Å²) < 4.78 is 30.7. The summed E-state index contributed by atoms with van der Waals surface area (Å²) in [5, 5.41) is 17.7.